The van der Waals surface area contributed by atoms with E-state index in [0.717, 1.165) is 35.0 Å². The molecular weight excluding hydrogens is 406 g/mol. The van der Waals surface area contributed by atoms with E-state index in [0.29, 0.717) is 37.5 Å². The number of carbonyl (C=O) groups excluding carboxylic acids is 1. The Balaban J connectivity index is 1.36. The van der Waals surface area contributed by atoms with Crippen LogP contribution in [0.4, 0.5) is 0 Å². The average Bonchev–Trinajstić information content (AvgIpc) is 3.47. The van der Waals surface area contributed by atoms with Crippen molar-refractivity contribution < 1.29 is 13.2 Å². The summed E-state index contributed by atoms with van der Waals surface area (Å²) in [5, 5.41) is 5.85. The maximum absolute atomic E-state index is 12.8. The Kier molecular flexibility index (Phi) is 6.03. The van der Waals surface area contributed by atoms with Crippen LogP contribution in [0.15, 0.2) is 52.9 Å². The maximum atomic E-state index is 12.8. The van der Waals surface area contributed by atoms with Crippen molar-refractivity contribution in [2.45, 2.75) is 43.7 Å². The highest BCUT2D eigenvalue weighted by molar-refractivity contribution is 7.89. The van der Waals surface area contributed by atoms with Crippen LogP contribution in [-0.4, -0.2) is 36.3 Å². The second-order valence-electron chi connectivity index (χ2n) is 7.30. The summed E-state index contributed by atoms with van der Waals surface area (Å²) in [5.74, 6) is 0.0499. The fourth-order valence-electron chi connectivity index (χ4n) is 3.71. The molecule has 0 atom stereocenters. The molecule has 0 unspecified atom stereocenters. The molecule has 1 amide bonds. The molecule has 2 aromatic heterocycles. The zero-order chi connectivity index (χ0) is 20.3. The van der Waals surface area contributed by atoms with E-state index >= 15 is 0 Å². The number of aromatic nitrogens is 1. The fourth-order valence-corrected chi connectivity index (χ4v) is 5.91. The Labute approximate surface area is 175 Å². The van der Waals surface area contributed by atoms with Gasteiger partial charge in [-0.05, 0) is 55.0 Å². The fraction of sp³-hybridized carbons (Fsp3) is 0.381. The summed E-state index contributed by atoms with van der Waals surface area (Å²) in [4.78, 5) is 13.5. The largest absolute Gasteiger partial charge is 0.351 e. The van der Waals surface area contributed by atoms with Gasteiger partial charge in [-0.2, -0.15) is 4.31 Å². The third-order valence-corrected chi connectivity index (χ3v) is 8.06. The summed E-state index contributed by atoms with van der Waals surface area (Å²) < 4.78 is 29.2. The van der Waals surface area contributed by atoms with Crippen LogP contribution >= 0.6 is 11.3 Å². The van der Waals surface area contributed by atoms with Crippen molar-refractivity contribution in [3.8, 4) is 0 Å². The molecule has 1 aromatic carbocycles. The molecule has 8 heteroatoms. The molecule has 0 bridgehead atoms. The van der Waals surface area contributed by atoms with Gasteiger partial charge in [-0.1, -0.05) is 6.07 Å². The molecule has 1 saturated heterocycles. The first-order valence-electron chi connectivity index (χ1n) is 9.92. The number of nitrogens with zero attached hydrogens (tertiary/aromatic N) is 2. The van der Waals surface area contributed by atoms with Crippen LogP contribution in [0.2, 0.25) is 0 Å². The molecule has 0 aliphatic carbocycles. The molecule has 4 rings (SSSR count). The molecule has 1 N–H and O–H groups in total. The van der Waals surface area contributed by atoms with E-state index in [4.69, 9.17) is 0 Å². The average molecular weight is 432 g/mol. The summed E-state index contributed by atoms with van der Waals surface area (Å²) in [5.41, 5.74) is 0.990. The van der Waals surface area contributed by atoms with Gasteiger partial charge in [-0.15, -0.1) is 11.3 Å². The Morgan fingerprint density at radius 2 is 1.97 bits per heavy atom. The van der Waals surface area contributed by atoms with Crippen molar-refractivity contribution in [3.63, 3.8) is 0 Å². The zero-order valence-corrected chi connectivity index (χ0v) is 17.8. The van der Waals surface area contributed by atoms with Gasteiger partial charge in [0.15, 0.2) is 0 Å². The number of sulfonamides is 1. The van der Waals surface area contributed by atoms with Crippen LogP contribution in [-0.2, 0) is 27.9 Å². The third kappa shape index (κ3) is 4.55. The van der Waals surface area contributed by atoms with Gasteiger partial charge in [0.05, 0.1) is 11.4 Å². The molecular formula is C21H25N3O3S2. The molecule has 6 nitrogen and oxygen atoms in total. The number of aryl methyl sites for hydroxylation is 1. The molecule has 0 radical (unpaired) electrons. The first-order valence-corrected chi connectivity index (χ1v) is 12.2. The number of carbonyl (C=O) groups is 1. The summed E-state index contributed by atoms with van der Waals surface area (Å²) >= 11 is 1.63. The predicted octanol–water partition coefficient (Wildman–Crippen LogP) is 3.58. The molecule has 1 aliphatic rings. The van der Waals surface area contributed by atoms with Gasteiger partial charge >= 0.3 is 0 Å². The normalized spacial score (nSPS) is 15.2. The van der Waals surface area contributed by atoms with Crippen molar-refractivity contribution in [3.05, 3.63) is 52.9 Å². The number of nitrogens with one attached hydrogen (secondary N) is 1. The molecule has 0 saturated carbocycles. The lowest BCUT2D eigenvalue weighted by molar-refractivity contribution is -0.121. The minimum absolute atomic E-state index is 0.0499. The summed E-state index contributed by atoms with van der Waals surface area (Å²) in [6, 6.07) is 11.2. The van der Waals surface area contributed by atoms with Gasteiger partial charge in [-0.3, -0.25) is 4.79 Å². The minimum Gasteiger partial charge on any atom is -0.351 e. The van der Waals surface area contributed by atoms with Crippen LogP contribution < -0.4 is 5.32 Å². The van der Waals surface area contributed by atoms with Crippen molar-refractivity contribution in [2.75, 3.05) is 13.1 Å². The smallest absolute Gasteiger partial charge is 0.243 e. The van der Waals surface area contributed by atoms with Gasteiger partial charge in [0, 0.05) is 48.0 Å². The highest BCUT2D eigenvalue weighted by Gasteiger charge is 2.27. The molecule has 1 fully saturated rings. The Morgan fingerprint density at radius 3 is 2.72 bits per heavy atom. The highest BCUT2D eigenvalue weighted by atomic mass is 32.2. The molecule has 1 aliphatic heterocycles. The van der Waals surface area contributed by atoms with E-state index in [2.05, 4.69) is 9.88 Å². The Morgan fingerprint density at radius 1 is 1.14 bits per heavy atom. The van der Waals surface area contributed by atoms with E-state index in [1.54, 1.807) is 27.8 Å². The van der Waals surface area contributed by atoms with Crippen LogP contribution in [0.1, 0.15) is 30.6 Å². The van der Waals surface area contributed by atoms with E-state index in [9.17, 15) is 13.2 Å². The second kappa shape index (κ2) is 8.69. The lowest BCUT2D eigenvalue weighted by atomic mass is 10.2. The lowest BCUT2D eigenvalue weighted by Gasteiger charge is -2.15. The number of rotatable bonds is 8. The van der Waals surface area contributed by atoms with Gasteiger partial charge in [0.1, 0.15) is 0 Å². The first-order chi connectivity index (χ1) is 14.0. The number of fused-ring (bicyclic) bond motifs is 1. The highest BCUT2D eigenvalue weighted by Crippen LogP contribution is 2.25. The van der Waals surface area contributed by atoms with Crippen molar-refractivity contribution in [2.24, 2.45) is 0 Å². The lowest BCUT2D eigenvalue weighted by Crippen LogP contribution is -2.27. The van der Waals surface area contributed by atoms with Gasteiger partial charge in [0.2, 0.25) is 15.9 Å². The number of hydrogen-bond acceptors (Lipinski definition) is 4. The van der Waals surface area contributed by atoms with Crippen molar-refractivity contribution in [1.82, 2.24) is 14.2 Å². The van der Waals surface area contributed by atoms with Gasteiger partial charge in [0.25, 0.3) is 0 Å². The minimum atomic E-state index is -3.40. The van der Waals surface area contributed by atoms with Crippen LogP contribution in [0.3, 0.4) is 0 Å². The Bertz CT molecular complexity index is 1080. The Hall–Kier alpha value is -2.16. The summed E-state index contributed by atoms with van der Waals surface area (Å²) in [6.45, 7) is 2.51. The standard InChI is InChI=1S/C21H25N3O3S2/c25-21(22-16-18-5-4-14-28-18)6-3-10-23-13-9-17-15-19(7-8-20(17)23)29(26,27)24-11-1-2-12-24/h4-5,7-9,13-15H,1-3,6,10-12,16H2,(H,22,25). The van der Waals surface area contributed by atoms with Crippen LogP contribution in [0, 0.1) is 0 Å². The number of benzene rings is 1. The number of amides is 1. The quantitative estimate of drug-likeness (QED) is 0.593. The van der Waals surface area contributed by atoms with Crippen LogP contribution in [0.25, 0.3) is 10.9 Å². The SMILES string of the molecule is O=C(CCCn1ccc2cc(S(=O)(=O)N3CCCC3)ccc21)NCc1cccs1. The van der Waals surface area contributed by atoms with Crippen molar-refractivity contribution in [1.29, 1.82) is 0 Å². The predicted molar refractivity (Wildman–Crippen MR) is 115 cm³/mol. The first kappa shape index (κ1) is 20.1. The number of thiophene rings is 1. The molecule has 3 heterocycles. The van der Waals surface area contributed by atoms with Gasteiger partial charge < -0.3 is 9.88 Å². The van der Waals surface area contributed by atoms with E-state index in [1.807, 2.05) is 35.8 Å². The number of hydrogen-bond donors (Lipinski definition) is 1. The zero-order valence-electron chi connectivity index (χ0n) is 16.2. The molecule has 154 valence electrons. The van der Waals surface area contributed by atoms with E-state index in [1.165, 1.54) is 0 Å². The summed E-state index contributed by atoms with van der Waals surface area (Å²) in [7, 11) is -3.40. The molecule has 3 aromatic rings. The molecule has 0 spiro atoms. The van der Waals surface area contributed by atoms with Crippen molar-refractivity contribution >= 4 is 38.2 Å². The molecule has 29 heavy (non-hydrogen) atoms. The van der Waals surface area contributed by atoms with E-state index in [-0.39, 0.29) is 5.91 Å². The third-order valence-electron chi connectivity index (χ3n) is 5.29. The monoisotopic (exact) mass is 431 g/mol. The van der Waals surface area contributed by atoms with Gasteiger partial charge in [-0.25, -0.2) is 8.42 Å². The second-order valence-corrected chi connectivity index (χ2v) is 10.3. The maximum Gasteiger partial charge on any atom is 0.243 e. The van der Waals surface area contributed by atoms with Crippen LogP contribution in [0.5, 0.6) is 0 Å². The van der Waals surface area contributed by atoms with E-state index < -0.39 is 10.0 Å². The topological polar surface area (TPSA) is 71.4 Å². The summed E-state index contributed by atoms with van der Waals surface area (Å²) in [6.07, 6.45) is 5.01.